The van der Waals surface area contributed by atoms with Gasteiger partial charge in [0.05, 0.1) is 5.92 Å². The molecule has 0 spiro atoms. The van der Waals surface area contributed by atoms with Crippen LogP contribution in [0, 0.1) is 25.2 Å². The second-order valence-electron chi connectivity index (χ2n) is 7.66. The Morgan fingerprint density at radius 3 is 2.48 bits per heavy atom. The third-order valence-corrected chi connectivity index (χ3v) is 5.90. The number of esters is 1. The van der Waals surface area contributed by atoms with Crippen molar-refractivity contribution in [1.82, 2.24) is 0 Å². The van der Waals surface area contributed by atoms with E-state index in [2.05, 4.69) is 22.0 Å². The van der Waals surface area contributed by atoms with Crippen molar-refractivity contribution in [2.75, 3.05) is 6.61 Å². The number of nitrogens with two attached hydrogens (primary N) is 1. The molecule has 4 rings (SSSR count). The summed E-state index contributed by atoms with van der Waals surface area (Å²) in [5.41, 5.74) is 9.93. The standard InChI is InChI=1S/C26H21BrN2O4/c1-15-4-3-5-16(2)25(15)31-14-23(30)32-19-10-11-20-22(12-19)33-26(29)21(13-28)24(20)17-6-8-18(27)9-7-17/h3-12,24H,14,29H2,1-2H3. The van der Waals surface area contributed by atoms with Gasteiger partial charge in [-0.1, -0.05) is 52.3 Å². The molecule has 0 aliphatic carbocycles. The highest BCUT2D eigenvalue weighted by atomic mass is 79.9. The molecule has 3 aromatic carbocycles. The Kier molecular flexibility index (Phi) is 6.38. The maximum absolute atomic E-state index is 12.4. The number of carbonyl (C=O) groups excluding carboxylic acids is 1. The molecule has 33 heavy (non-hydrogen) atoms. The number of hydrogen-bond acceptors (Lipinski definition) is 6. The van der Waals surface area contributed by atoms with Crippen LogP contribution in [-0.2, 0) is 4.79 Å². The van der Waals surface area contributed by atoms with Gasteiger partial charge in [-0.25, -0.2) is 4.79 Å². The lowest BCUT2D eigenvalue weighted by Crippen LogP contribution is -2.22. The molecule has 6 nitrogen and oxygen atoms in total. The van der Waals surface area contributed by atoms with Crippen molar-refractivity contribution in [3.8, 4) is 23.3 Å². The summed E-state index contributed by atoms with van der Waals surface area (Å²) in [5.74, 6) is 0.498. The number of rotatable bonds is 5. The molecule has 3 aromatic rings. The number of nitriles is 1. The zero-order valence-corrected chi connectivity index (χ0v) is 19.7. The van der Waals surface area contributed by atoms with Gasteiger partial charge >= 0.3 is 5.97 Å². The summed E-state index contributed by atoms with van der Waals surface area (Å²) in [6.07, 6.45) is 0. The number of allylic oxidation sites excluding steroid dienone is 1. The van der Waals surface area contributed by atoms with E-state index in [1.54, 1.807) is 18.2 Å². The van der Waals surface area contributed by atoms with Crippen molar-refractivity contribution in [2.24, 2.45) is 5.73 Å². The number of nitrogens with zero attached hydrogens (tertiary/aromatic N) is 1. The minimum Gasteiger partial charge on any atom is -0.481 e. The minimum absolute atomic E-state index is 0.0276. The molecule has 166 valence electrons. The Balaban J connectivity index is 1.55. The molecule has 0 aromatic heterocycles. The van der Waals surface area contributed by atoms with E-state index in [1.807, 2.05) is 56.3 Å². The highest BCUT2D eigenvalue weighted by Crippen LogP contribution is 2.43. The Morgan fingerprint density at radius 1 is 1.12 bits per heavy atom. The normalized spacial score (nSPS) is 14.7. The Bertz CT molecular complexity index is 1270. The van der Waals surface area contributed by atoms with Crippen LogP contribution in [0.4, 0.5) is 0 Å². The van der Waals surface area contributed by atoms with Gasteiger partial charge in [-0.2, -0.15) is 5.26 Å². The second kappa shape index (κ2) is 9.39. The molecule has 1 unspecified atom stereocenters. The van der Waals surface area contributed by atoms with Crippen LogP contribution in [0.2, 0.25) is 0 Å². The van der Waals surface area contributed by atoms with Crippen molar-refractivity contribution in [3.05, 3.63) is 98.8 Å². The molecule has 0 fully saturated rings. The second-order valence-corrected chi connectivity index (χ2v) is 8.58. The quantitative estimate of drug-likeness (QED) is 0.375. The van der Waals surface area contributed by atoms with Crippen molar-refractivity contribution in [3.63, 3.8) is 0 Å². The Morgan fingerprint density at radius 2 is 1.82 bits per heavy atom. The van der Waals surface area contributed by atoms with Gasteiger partial charge in [0.15, 0.2) is 6.61 Å². The van der Waals surface area contributed by atoms with Crippen LogP contribution in [0.3, 0.4) is 0 Å². The maximum Gasteiger partial charge on any atom is 0.349 e. The number of benzene rings is 3. The summed E-state index contributed by atoms with van der Waals surface area (Å²) in [6.45, 7) is 3.61. The fourth-order valence-electron chi connectivity index (χ4n) is 3.82. The number of para-hydroxylation sites is 1. The number of fused-ring (bicyclic) bond motifs is 1. The third kappa shape index (κ3) is 4.71. The van der Waals surface area contributed by atoms with Gasteiger partial charge in [-0.3, -0.25) is 0 Å². The first-order chi connectivity index (χ1) is 15.9. The largest absolute Gasteiger partial charge is 0.481 e. The van der Waals surface area contributed by atoms with Gasteiger partial charge < -0.3 is 19.9 Å². The van der Waals surface area contributed by atoms with Crippen LogP contribution < -0.4 is 19.9 Å². The van der Waals surface area contributed by atoms with Crippen molar-refractivity contribution >= 4 is 21.9 Å². The molecule has 0 radical (unpaired) electrons. The van der Waals surface area contributed by atoms with Gasteiger partial charge in [0.1, 0.15) is 28.9 Å². The van der Waals surface area contributed by atoms with Gasteiger partial charge in [-0.05, 0) is 48.7 Å². The van der Waals surface area contributed by atoms with Crippen molar-refractivity contribution in [2.45, 2.75) is 19.8 Å². The van der Waals surface area contributed by atoms with Gasteiger partial charge in [0.25, 0.3) is 0 Å². The molecule has 0 saturated heterocycles. The summed E-state index contributed by atoms with van der Waals surface area (Å²) in [6, 6.07) is 20.6. The molecule has 1 heterocycles. The summed E-state index contributed by atoms with van der Waals surface area (Å²) < 4.78 is 17.8. The first-order valence-corrected chi connectivity index (χ1v) is 11.0. The molecule has 2 N–H and O–H groups in total. The van der Waals surface area contributed by atoms with E-state index in [9.17, 15) is 10.1 Å². The monoisotopic (exact) mass is 504 g/mol. The molecular formula is C26H21BrN2O4. The molecule has 1 aliphatic heterocycles. The number of carbonyl (C=O) groups is 1. The average molecular weight is 505 g/mol. The van der Waals surface area contributed by atoms with E-state index >= 15 is 0 Å². The third-order valence-electron chi connectivity index (χ3n) is 5.37. The topological polar surface area (TPSA) is 94.6 Å². The predicted molar refractivity (Wildman–Crippen MR) is 127 cm³/mol. The SMILES string of the molecule is Cc1cccc(C)c1OCC(=O)Oc1ccc2c(c1)OC(N)=C(C#N)C2c1ccc(Br)cc1. The van der Waals surface area contributed by atoms with Crippen LogP contribution in [0.15, 0.2) is 76.6 Å². The van der Waals surface area contributed by atoms with Crippen LogP contribution in [-0.4, -0.2) is 12.6 Å². The van der Waals surface area contributed by atoms with Crippen LogP contribution in [0.25, 0.3) is 0 Å². The Labute approximate surface area is 200 Å². The lowest BCUT2D eigenvalue weighted by atomic mass is 9.83. The predicted octanol–water partition coefficient (Wildman–Crippen LogP) is 5.27. The average Bonchev–Trinajstić information content (AvgIpc) is 2.78. The minimum atomic E-state index is -0.543. The van der Waals surface area contributed by atoms with E-state index in [0.717, 1.165) is 26.7 Å². The van der Waals surface area contributed by atoms with E-state index in [-0.39, 0.29) is 18.4 Å². The molecule has 0 bridgehead atoms. The summed E-state index contributed by atoms with van der Waals surface area (Å²) in [7, 11) is 0. The molecule has 0 amide bonds. The summed E-state index contributed by atoms with van der Waals surface area (Å²) in [4.78, 5) is 12.4. The molecule has 1 atom stereocenters. The molecule has 7 heteroatoms. The van der Waals surface area contributed by atoms with Crippen LogP contribution in [0.1, 0.15) is 28.2 Å². The van der Waals surface area contributed by atoms with Crippen molar-refractivity contribution < 1.29 is 19.0 Å². The van der Waals surface area contributed by atoms with Crippen molar-refractivity contribution in [1.29, 1.82) is 5.26 Å². The van der Waals surface area contributed by atoms with E-state index in [1.165, 1.54) is 0 Å². The number of aryl methyl sites for hydroxylation is 2. The molecule has 1 aliphatic rings. The van der Waals surface area contributed by atoms with Gasteiger partial charge in [-0.15, -0.1) is 0 Å². The summed E-state index contributed by atoms with van der Waals surface area (Å²) in [5, 5.41) is 9.68. The maximum atomic E-state index is 12.4. The van der Waals surface area contributed by atoms with E-state index in [4.69, 9.17) is 19.9 Å². The van der Waals surface area contributed by atoms with Crippen LogP contribution in [0.5, 0.6) is 17.2 Å². The highest BCUT2D eigenvalue weighted by molar-refractivity contribution is 9.10. The Hall–Kier alpha value is -3.76. The first-order valence-electron chi connectivity index (χ1n) is 10.2. The van der Waals surface area contributed by atoms with Gasteiger partial charge in [0, 0.05) is 16.1 Å². The first kappa shape index (κ1) is 22.4. The van der Waals surface area contributed by atoms with E-state index < -0.39 is 5.97 Å². The fourth-order valence-corrected chi connectivity index (χ4v) is 4.08. The number of halogens is 1. The van der Waals surface area contributed by atoms with E-state index in [0.29, 0.717) is 22.8 Å². The molecular weight excluding hydrogens is 484 g/mol. The lowest BCUT2D eigenvalue weighted by Gasteiger charge is -2.26. The highest BCUT2D eigenvalue weighted by Gasteiger charge is 2.31. The fraction of sp³-hybridized carbons (Fsp3) is 0.154. The summed E-state index contributed by atoms with van der Waals surface area (Å²) >= 11 is 3.43. The zero-order chi connectivity index (χ0) is 23.5. The van der Waals surface area contributed by atoms with Gasteiger partial charge in [0.2, 0.25) is 5.88 Å². The zero-order valence-electron chi connectivity index (χ0n) is 18.1. The number of ether oxygens (including phenoxy) is 3. The van der Waals surface area contributed by atoms with Crippen LogP contribution >= 0.6 is 15.9 Å². The number of hydrogen-bond donors (Lipinski definition) is 1. The smallest absolute Gasteiger partial charge is 0.349 e. The molecule has 0 saturated carbocycles. The lowest BCUT2D eigenvalue weighted by molar-refractivity contribution is -0.136.